The van der Waals surface area contributed by atoms with Crippen LogP contribution in [0.4, 0.5) is 5.82 Å². The summed E-state index contributed by atoms with van der Waals surface area (Å²) < 4.78 is 0. The van der Waals surface area contributed by atoms with Crippen molar-refractivity contribution in [2.45, 2.75) is 32.9 Å². The van der Waals surface area contributed by atoms with Gasteiger partial charge in [0.1, 0.15) is 5.82 Å². The summed E-state index contributed by atoms with van der Waals surface area (Å²) in [5, 5.41) is 3.42. The zero-order chi connectivity index (χ0) is 13.4. The van der Waals surface area contributed by atoms with Gasteiger partial charge in [0.25, 0.3) is 0 Å². The van der Waals surface area contributed by atoms with Crippen molar-refractivity contribution in [1.29, 1.82) is 0 Å². The molecule has 0 spiro atoms. The molecule has 1 aromatic heterocycles. The van der Waals surface area contributed by atoms with E-state index < -0.39 is 0 Å². The van der Waals surface area contributed by atoms with Gasteiger partial charge in [0.15, 0.2) is 0 Å². The van der Waals surface area contributed by atoms with Gasteiger partial charge >= 0.3 is 0 Å². The molecule has 1 aromatic rings. The highest BCUT2D eigenvalue weighted by molar-refractivity contribution is 7.98. The maximum Gasteiger partial charge on any atom is 0.128 e. The lowest BCUT2D eigenvalue weighted by Crippen LogP contribution is -2.31. The fraction of sp³-hybridized carbons (Fsp3) is 0.643. The molecule has 0 aliphatic carbocycles. The number of anilines is 1. The second-order valence-corrected chi connectivity index (χ2v) is 5.53. The summed E-state index contributed by atoms with van der Waals surface area (Å²) in [6.07, 6.45) is 5.21. The molecule has 4 heteroatoms. The highest BCUT2D eigenvalue weighted by Crippen LogP contribution is 2.15. The Labute approximate surface area is 115 Å². The summed E-state index contributed by atoms with van der Waals surface area (Å²) in [4.78, 5) is 6.71. The molecule has 0 aliphatic heterocycles. The van der Waals surface area contributed by atoms with Crippen molar-refractivity contribution in [3.8, 4) is 0 Å². The highest BCUT2D eigenvalue weighted by atomic mass is 32.2. The number of nitrogens with one attached hydrogen (secondary N) is 1. The van der Waals surface area contributed by atoms with Crippen LogP contribution in [-0.2, 0) is 6.54 Å². The molecule has 1 heterocycles. The Morgan fingerprint density at radius 2 is 2.28 bits per heavy atom. The van der Waals surface area contributed by atoms with Gasteiger partial charge in [0.2, 0.25) is 0 Å². The summed E-state index contributed by atoms with van der Waals surface area (Å²) in [6.45, 7) is 6.41. The number of nitrogens with zero attached hydrogens (tertiary/aromatic N) is 2. The molecule has 1 atom stereocenters. The number of pyridine rings is 1. The van der Waals surface area contributed by atoms with Crippen LogP contribution in [-0.4, -0.2) is 36.6 Å². The molecule has 0 saturated carbocycles. The van der Waals surface area contributed by atoms with Gasteiger partial charge in [-0.3, -0.25) is 0 Å². The van der Waals surface area contributed by atoms with Gasteiger partial charge in [-0.2, -0.15) is 11.8 Å². The van der Waals surface area contributed by atoms with Crippen LogP contribution < -0.4 is 10.2 Å². The normalized spacial score (nSPS) is 12.4. The van der Waals surface area contributed by atoms with Gasteiger partial charge in [-0.05, 0) is 43.8 Å². The Morgan fingerprint density at radius 1 is 1.50 bits per heavy atom. The molecule has 0 bridgehead atoms. The number of thioether (sulfide) groups is 1. The van der Waals surface area contributed by atoms with Crippen LogP contribution in [0.25, 0.3) is 0 Å². The second-order valence-electron chi connectivity index (χ2n) is 4.61. The Morgan fingerprint density at radius 3 is 2.94 bits per heavy atom. The third-order valence-electron chi connectivity index (χ3n) is 3.00. The molecule has 0 aliphatic rings. The van der Waals surface area contributed by atoms with E-state index in [0.717, 1.165) is 24.7 Å². The Balaban J connectivity index is 2.62. The van der Waals surface area contributed by atoms with Gasteiger partial charge in [-0.1, -0.05) is 6.92 Å². The summed E-state index contributed by atoms with van der Waals surface area (Å²) >= 11 is 1.87. The molecule has 18 heavy (non-hydrogen) atoms. The first-order chi connectivity index (χ1) is 8.69. The van der Waals surface area contributed by atoms with Crippen LogP contribution in [0, 0.1) is 0 Å². The smallest absolute Gasteiger partial charge is 0.128 e. The van der Waals surface area contributed by atoms with Crippen molar-refractivity contribution in [2.24, 2.45) is 0 Å². The first-order valence-electron chi connectivity index (χ1n) is 6.56. The Bertz CT molecular complexity index is 344. The molecular formula is C14H25N3S. The predicted molar refractivity (Wildman–Crippen MR) is 82.5 cm³/mol. The summed E-state index contributed by atoms with van der Waals surface area (Å²) in [6, 6.07) is 4.77. The van der Waals surface area contributed by atoms with Crippen molar-refractivity contribution in [3.63, 3.8) is 0 Å². The zero-order valence-corrected chi connectivity index (χ0v) is 12.8. The van der Waals surface area contributed by atoms with Gasteiger partial charge in [0, 0.05) is 31.6 Å². The lowest BCUT2D eigenvalue weighted by atomic mass is 10.2. The van der Waals surface area contributed by atoms with E-state index in [2.05, 4.69) is 54.5 Å². The maximum atomic E-state index is 4.46. The zero-order valence-electron chi connectivity index (χ0n) is 11.9. The molecule has 0 radical (unpaired) electrons. The van der Waals surface area contributed by atoms with Crippen molar-refractivity contribution < 1.29 is 0 Å². The standard InChI is InChI=1S/C14H25N3S/c1-5-7-15-10-13-6-8-16-14(9-13)17(3)12(2)11-18-4/h6,8-9,12,15H,5,7,10-11H2,1-4H3. The maximum absolute atomic E-state index is 4.46. The minimum atomic E-state index is 0.506. The number of aromatic nitrogens is 1. The van der Waals surface area contributed by atoms with Crippen LogP contribution in [0.1, 0.15) is 25.8 Å². The third-order valence-corrected chi connectivity index (χ3v) is 3.81. The van der Waals surface area contributed by atoms with E-state index in [1.54, 1.807) is 0 Å². The van der Waals surface area contributed by atoms with Crippen LogP contribution in [0.15, 0.2) is 18.3 Å². The Kier molecular flexibility index (Phi) is 7.13. The van der Waals surface area contributed by atoms with E-state index in [0.29, 0.717) is 6.04 Å². The van der Waals surface area contributed by atoms with Crippen LogP contribution in [0.3, 0.4) is 0 Å². The lowest BCUT2D eigenvalue weighted by molar-refractivity contribution is 0.673. The largest absolute Gasteiger partial charge is 0.356 e. The molecule has 1 N–H and O–H groups in total. The van der Waals surface area contributed by atoms with E-state index in [1.807, 2.05) is 18.0 Å². The number of rotatable bonds is 8. The average molecular weight is 267 g/mol. The molecular weight excluding hydrogens is 242 g/mol. The molecule has 0 aromatic carbocycles. The first kappa shape index (κ1) is 15.3. The predicted octanol–water partition coefficient (Wildman–Crippen LogP) is 2.77. The van der Waals surface area contributed by atoms with E-state index in [4.69, 9.17) is 0 Å². The van der Waals surface area contributed by atoms with Crippen LogP contribution >= 0.6 is 11.8 Å². The topological polar surface area (TPSA) is 28.2 Å². The third kappa shape index (κ3) is 4.86. The average Bonchev–Trinajstić information content (AvgIpc) is 2.39. The summed E-state index contributed by atoms with van der Waals surface area (Å²) in [7, 11) is 2.12. The fourth-order valence-electron chi connectivity index (χ4n) is 1.75. The highest BCUT2D eigenvalue weighted by Gasteiger charge is 2.10. The monoisotopic (exact) mass is 267 g/mol. The van der Waals surface area contributed by atoms with E-state index >= 15 is 0 Å². The molecule has 0 amide bonds. The van der Waals surface area contributed by atoms with Crippen molar-refractivity contribution >= 4 is 17.6 Å². The number of hydrogen-bond donors (Lipinski definition) is 1. The van der Waals surface area contributed by atoms with Crippen molar-refractivity contribution in [2.75, 3.05) is 30.5 Å². The second kappa shape index (κ2) is 8.38. The van der Waals surface area contributed by atoms with Crippen molar-refractivity contribution in [3.05, 3.63) is 23.9 Å². The fourth-order valence-corrected chi connectivity index (χ4v) is 2.46. The molecule has 0 saturated heterocycles. The van der Waals surface area contributed by atoms with Gasteiger partial charge in [0.05, 0.1) is 0 Å². The first-order valence-corrected chi connectivity index (χ1v) is 7.95. The van der Waals surface area contributed by atoms with Gasteiger partial charge in [-0.25, -0.2) is 4.98 Å². The lowest BCUT2D eigenvalue weighted by Gasteiger charge is -2.25. The molecule has 1 rings (SSSR count). The molecule has 3 nitrogen and oxygen atoms in total. The van der Waals surface area contributed by atoms with Crippen molar-refractivity contribution in [1.82, 2.24) is 10.3 Å². The summed E-state index contributed by atoms with van der Waals surface area (Å²) in [5.74, 6) is 2.18. The van der Waals surface area contributed by atoms with E-state index in [9.17, 15) is 0 Å². The number of hydrogen-bond acceptors (Lipinski definition) is 4. The van der Waals surface area contributed by atoms with Gasteiger partial charge in [-0.15, -0.1) is 0 Å². The van der Waals surface area contributed by atoms with Gasteiger partial charge < -0.3 is 10.2 Å². The van der Waals surface area contributed by atoms with Crippen LogP contribution in [0.2, 0.25) is 0 Å². The minimum absolute atomic E-state index is 0.506. The molecule has 102 valence electrons. The summed E-state index contributed by atoms with van der Waals surface area (Å²) in [5.41, 5.74) is 1.30. The molecule has 1 unspecified atom stereocenters. The Hall–Kier alpha value is -0.740. The van der Waals surface area contributed by atoms with E-state index in [-0.39, 0.29) is 0 Å². The quantitative estimate of drug-likeness (QED) is 0.733. The van der Waals surface area contributed by atoms with E-state index in [1.165, 1.54) is 12.0 Å². The van der Waals surface area contributed by atoms with Crippen LogP contribution in [0.5, 0.6) is 0 Å². The minimum Gasteiger partial charge on any atom is -0.356 e. The molecule has 0 fully saturated rings. The SMILES string of the molecule is CCCNCc1ccnc(N(C)C(C)CSC)c1.